The Morgan fingerprint density at radius 1 is 0.880 bits per heavy atom. The summed E-state index contributed by atoms with van der Waals surface area (Å²) in [6, 6.07) is 19.6. The lowest BCUT2D eigenvalue weighted by molar-refractivity contribution is 0.305. The van der Waals surface area contributed by atoms with Gasteiger partial charge in [-0.2, -0.15) is 0 Å². The molecular weight excluding hydrogens is 306 g/mol. The highest BCUT2D eigenvalue weighted by Gasteiger charge is 2.05. The van der Waals surface area contributed by atoms with Gasteiger partial charge in [-0.1, -0.05) is 68.7 Å². The molecule has 1 unspecified atom stereocenters. The highest BCUT2D eigenvalue weighted by atomic mass is 16.5. The Bertz CT molecular complexity index is 564. The van der Waals surface area contributed by atoms with Crippen molar-refractivity contribution in [2.75, 3.05) is 13.2 Å². The second kappa shape index (κ2) is 11.7. The highest BCUT2D eigenvalue weighted by Crippen LogP contribution is 2.18. The lowest BCUT2D eigenvalue weighted by Crippen LogP contribution is -2.20. The number of hydrogen-bond acceptors (Lipinski definition) is 2. The molecule has 0 aliphatic rings. The van der Waals surface area contributed by atoms with Gasteiger partial charge in [0.1, 0.15) is 5.75 Å². The minimum absolute atomic E-state index is 0.370. The number of rotatable bonds is 12. The highest BCUT2D eigenvalue weighted by molar-refractivity contribution is 5.29. The molecule has 1 N–H and O–H groups in total. The molecule has 2 aromatic rings. The third-order valence-electron chi connectivity index (χ3n) is 4.58. The first-order chi connectivity index (χ1) is 12.3. The molecule has 1 atom stereocenters. The van der Waals surface area contributed by atoms with Crippen LogP contribution in [-0.2, 0) is 6.42 Å². The summed E-state index contributed by atoms with van der Waals surface area (Å²) in [6.07, 6.45) is 7.27. The first-order valence-corrected chi connectivity index (χ1v) is 9.79. The fourth-order valence-corrected chi connectivity index (χ4v) is 2.95. The van der Waals surface area contributed by atoms with Gasteiger partial charge in [0.25, 0.3) is 0 Å². The monoisotopic (exact) mass is 339 g/mol. The van der Waals surface area contributed by atoms with Gasteiger partial charge in [-0.15, -0.1) is 0 Å². The van der Waals surface area contributed by atoms with E-state index in [0.717, 1.165) is 38.2 Å². The first-order valence-electron chi connectivity index (χ1n) is 9.79. The van der Waals surface area contributed by atoms with Crippen molar-refractivity contribution in [2.45, 2.75) is 58.4 Å². The fourth-order valence-electron chi connectivity index (χ4n) is 2.95. The van der Waals surface area contributed by atoms with Crippen LogP contribution in [0.4, 0.5) is 0 Å². The number of unbranched alkanes of at least 4 members (excludes halogenated alkanes) is 3. The van der Waals surface area contributed by atoms with Crippen LogP contribution in [0.25, 0.3) is 0 Å². The topological polar surface area (TPSA) is 21.3 Å². The normalized spacial score (nSPS) is 12.1. The zero-order chi connectivity index (χ0) is 17.7. The summed E-state index contributed by atoms with van der Waals surface area (Å²) in [5, 5.41) is 3.61. The third kappa shape index (κ3) is 7.74. The van der Waals surface area contributed by atoms with Gasteiger partial charge >= 0.3 is 0 Å². The summed E-state index contributed by atoms with van der Waals surface area (Å²) in [6.45, 7) is 6.32. The van der Waals surface area contributed by atoms with Crippen LogP contribution in [0.5, 0.6) is 5.75 Å². The second-order valence-electron chi connectivity index (χ2n) is 6.74. The molecule has 0 aromatic heterocycles. The van der Waals surface area contributed by atoms with Gasteiger partial charge in [0.05, 0.1) is 6.61 Å². The molecular formula is C23H33NO. The average Bonchev–Trinajstić information content (AvgIpc) is 2.66. The van der Waals surface area contributed by atoms with E-state index in [1.807, 2.05) is 0 Å². The molecule has 2 nitrogen and oxygen atoms in total. The second-order valence-corrected chi connectivity index (χ2v) is 6.74. The zero-order valence-electron chi connectivity index (χ0n) is 15.8. The Kier molecular flexibility index (Phi) is 9.14. The van der Waals surface area contributed by atoms with Gasteiger partial charge in [0.2, 0.25) is 0 Å². The van der Waals surface area contributed by atoms with E-state index in [-0.39, 0.29) is 0 Å². The van der Waals surface area contributed by atoms with Crippen LogP contribution >= 0.6 is 0 Å². The number of aryl methyl sites for hydroxylation is 1. The van der Waals surface area contributed by atoms with E-state index in [2.05, 4.69) is 73.8 Å². The summed E-state index contributed by atoms with van der Waals surface area (Å²) in [5.41, 5.74) is 2.73. The quantitative estimate of drug-likeness (QED) is 0.484. The van der Waals surface area contributed by atoms with Crippen molar-refractivity contribution in [3.63, 3.8) is 0 Å². The van der Waals surface area contributed by atoms with Crippen molar-refractivity contribution in [3.05, 3.63) is 65.7 Å². The van der Waals surface area contributed by atoms with Crippen molar-refractivity contribution in [2.24, 2.45) is 0 Å². The standard InChI is InChI=1S/C23H33NO/c1-3-4-5-9-19-25-23-16-14-22(15-17-23)20(2)24-18-10-13-21-11-7-6-8-12-21/h6-8,11-12,14-17,20,24H,3-5,9-10,13,18-19H2,1-2H3. The van der Waals surface area contributed by atoms with Gasteiger partial charge in [0, 0.05) is 6.04 Å². The maximum absolute atomic E-state index is 5.81. The SMILES string of the molecule is CCCCCCOc1ccc(C(C)NCCCc2ccccc2)cc1. The summed E-state index contributed by atoms with van der Waals surface area (Å²) in [7, 11) is 0. The summed E-state index contributed by atoms with van der Waals surface area (Å²) in [4.78, 5) is 0. The Morgan fingerprint density at radius 2 is 1.64 bits per heavy atom. The first kappa shape index (κ1) is 19.5. The van der Waals surface area contributed by atoms with Crippen LogP contribution in [0.15, 0.2) is 54.6 Å². The Hall–Kier alpha value is -1.80. The molecule has 0 radical (unpaired) electrons. The van der Waals surface area contributed by atoms with Crippen LogP contribution < -0.4 is 10.1 Å². The summed E-state index contributed by atoms with van der Waals surface area (Å²) in [5.74, 6) is 0.983. The zero-order valence-corrected chi connectivity index (χ0v) is 15.8. The van der Waals surface area contributed by atoms with Gasteiger partial charge in [-0.3, -0.25) is 0 Å². The lowest BCUT2D eigenvalue weighted by atomic mass is 10.1. The van der Waals surface area contributed by atoms with E-state index in [4.69, 9.17) is 4.74 Å². The van der Waals surface area contributed by atoms with Crippen molar-refractivity contribution >= 4 is 0 Å². The van der Waals surface area contributed by atoms with E-state index in [1.165, 1.54) is 30.4 Å². The Morgan fingerprint density at radius 3 is 2.36 bits per heavy atom. The molecule has 2 heteroatoms. The molecule has 0 bridgehead atoms. The number of hydrogen-bond donors (Lipinski definition) is 1. The van der Waals surface area contributed by atoms with Crippen molar-refractivity contribution < 1.29 is 4.74 Å². The van der Waals surface area contributed by atoms with E-state index in [1.54, 1.807) is 0 Å². The van der Waals surface area contributed by atoms with Crippen LogP contribution in [0.3, 0.4) is 0 Å². The van der Waals surface area contributed by atoms with Gasteiger partial charge in [0.15, 0.2) is 0 Å². The maximum atomic E-state index is 5.81. The van der Waals surface area contributed by atoms with E-state index >= 15 is 0 Å². The Balaban J connectivity index is 1.64. The summed E-state index contributed by atoms with van der Waals surface area (Å²) < 4.78 is 5.81. The number of benzene rings is 2. The van der Waals surface area contributed by atoms with E-state index in [9.17, 15) is 0 Å². The van der Waals surface area contributed by atoms with Gasteiger partial charge in [-0.05, 0) is 56.0 Å². The largest absolute Gasteiger partial charge is 0.494 e. The number of ether oxygens (including phenoxy) is 1. The molecule has 0 aliphatic heterocycles. The Labute approximate surface area is 153 Å². The lowest BCUT2D eigenvalue weighted by Gasteiger charge is -2.15. The number of nitrogens with one attached hydrogen (secondary N) is 1. The van der Waals surface area contributed by atoms with Gasteiger partial charge < -0.3 is 10.1 Å². The van der Waals surface area contributed by atoms with Crippen LogP contribution in [0.1, 0.15) is 63.1 Å². The molecule has 0 aliphatic carbocycles. The molecule has 0 saturated heterocycles. The van der Waals surface area contributed by atoms with Crippen molar-refractivity contribution in [1.82, 2.24) is 5.32 Å². The van der Waals surface area contributed by atoms with Crippen molar-refractivity contribution in [3.8, 4) is 5.75 Å². The van der Waals surface area contributed by atoms with Crippen LogP contribution in [0, 0.1) is 0 Å². The molecule has 2 rings (SSSR count). The predicted molar refractivity (Wildman–Crippen MR) is 107 cm³/mol. The molecule has 0 heterocycles. The molecule has 0 fully saturated rings. The molecule has 0 spiro atoms. The smallest absolute Gasteiger partial charge is 0.119 e. The minimum Gasteiger partial charge on any atom is -0.494 e. The third-order valence-corrected chi connectivity index (χ3v) is 4.58. The van der Waals surface area contributed by atoms with Crippen molar-refractivity contribution in [1.29, 1.82) is 0 Å². The van der Waals surface area contributed by atoms with Crippen LogP contribution in [0.2, 0.25) is 0 Å². The molecule has 136 valence electrons. The average molecular weight is 340 g/mol. The van der Waals surface area contributed by atoms with E-state index < -0.39 is 0 Å². The fraction of sp³-hybridized carbons (Fsp3) is 0.478. The summed E-state index contributed by atoms with van der Waals surface area (Å²) >= 11 is 0. The van der Waals surface area contributed by atoms with E-state index in [0.29, 0.717) is 6.04 Å². The maximum Gasteiger partial charge on any atom is 0.119 e. The molecule has 25 heavy (non-hydrogen) atoms. The molecule has 0 amide bonds. The molecule has 2 aromatic carbocycles. The molecule has 0 saturated carbocycles. The van der Waals surface area contributed by atoms with Crippen LogP contribution in [-0.4, -0.2) is 13.2 Å². The van der Waals surface area contributed by atoms with Gasteiger partial charge in [-0.25, -0.2) is 0 Å². The minimum atomic E-state index is 0.370. The predicted octanol–water partition coefficient (Wildman–Crippen LogP) is 5.93.